The van der Waals surface area contributed by atoms with Crippen LogP contribution in [0.5, 0.6) is 0 Å². The molecule has 0 aromatic carbocycles. The predicted molar refractivity (Wildman–Crippen MR) is 115 cm³/mol. The molecule has 9 heteroatoms. The molecular formula is C22H14Cl2N4O2Ru. The summed E-state index contributed by atoms with van der Waals surface area (Å²) in [7, 11) is 13.1. The third kappa shape index (κ3) is 4.30. The van der Waals surface area contributed by atoms with Gasteiger partial charge in [0.25, 0.3) is 0 Å². The second kappa shape index (κ2) is 9.10. The second-order valence-electron chi connectivity index (χ2n) is 6.16. The first-order valence-corrected chi connectivity index (χ1v) is 15.2. The molecule has 0 radical (unpaired) electrons. The van der Waals surface area contributed by atoms with Gasteiger partial charge in [-0.25, -0.2) is 0 Å². The van der Waals surface area contributed by atoms with Gasteiger partial charge in [-0.15, -0.1) is 0 Å². The molecule has 4 heterocycles. The molecule has 4 aromatic rings. The average molecular weight is 538 g/mol. The Morgan fingerprint density at radius 2 is 1.00 bits per heavy atom. The Morgan fingerprint density at radius 1 is 0.581 bits per heavy atom. The average Bonchev–Trinajstić information content (AvgIpc) is 2.84. The van der Waals surface area contributed by atoms with Gasteiger partial charge in [-0.3, -0.25) is 0 Å². The zero-order chi connectivity index (χ0) is 21.8. The zero-order valence-corrected chi connectivity index (χ0v) is 19.0. The van der Waals surface area contributed by atoms with Crippen molar-refractivity contribution in [1.29, 1.82) is 0 Å². The molecule has 0 N–H and O–H groups in total. The normalized spacial score (nSPS) is 11.7. The SMILES string of the molecule is O=[C](c1cccnc1-c1ccccn1)[Ru]([Cl])([Cl])[C](=O)c1cccnc1-c1ccccn1. The van der Waals surface area contributed by atoms with Crippen molar-refractivity contribution in [3.8, 4) is 22.8 Å². The quantitative estimate of drug-likeness (QED) is 0.320. The molecular weight excluding hydrogens is 524 g/mol. The molecule has 0 saturated heterocycles. The number of hydrogen-bond donors (Lipinski definition) is 0. The maximum absolute atomic E-state index is 13.4. The molecule has 0 aliphatic carbocycles. The third-order valence-electron chi connectivity index (χ3n) is 4.24. The van der Waals surface area contributed by atoms with E-state index in [4.69, 9.17) is 19.4 Å². The fourth-order valence-corrected chi connectivity index (χ4v) is 6.78. The van der Waals surface area contributed by atoms with E-state index < -0.39 is 21.5 Å². The van der Waals surface area contributed by atoms with Gasteiger partial charge < -0.3 is 0 Å². The van der Waals surface area contributed by atoms with Crippen molar-refractivity contribution in [2.45, 2.75) is 0 Å². The molecule has 0 bridgehead atoms. The summed E-state index contributed by atoms with van der Waals surface area (Å²) in [6.07, 6.45) is 6.26. The Balaban J connectivity index is 1.76. The Hall–Kier alpha value is -2.86. The van der Waals surface area contributed by atoms with E-state index in [9.17, 15) is 9.59 Å². The van der Waals surface area contributed by atoms with Crippen molar-refractivity contribution in [2.24, 2.45) is 0 Å². The van der Waals surface area contributed by atoms with Crippen LogP contribution in [0.3, 0.4) is 0 Å². The summed E-state index contributed by atoms with van der Waals surface area (Å²) in [4.78, 5) is 43.9. The summed E-state index contributed by atoms with van der Waals surface area (Å²) in [5, 5.41) is 0. The molecule has 4 aromatic heterocycles. The minimum atomic E-state index is -4.59. The zero-order valence-electron chi connectivity index (χ0n) is 15.8. The van der Waals surface area contributed by atoms with E-state index in [1.165, 1.54) is 12.4 Å². The number of pyridine rings is 4. The maximum atomic E-state index is 13.4. The van der Waals surface area contributed by atoms with E-state index in [0.29, 0.717) is 22.8 Å². The Morgan fingerprint density at radius 3 is 1.39 bits per heavy atom. The number of rotatable bonds is 6. The van der Waals surface area contributed by atoms with Gasteiger partial charge in [-0.1, -0.05) is 0 Å². The summed E-state index contributed by atoms with van der Waals surface area (Å²) in [6.45, 7) is 0. The van der Waals surface area contributed by atoms with E-state index >= 15 is 0 Å². The fourth-order valence-electron chi connectivity index (χ4n) is 2.84. The molecule has 0 fully saturated rings. The summed E-state index contributed by atoms with van der Waals surface area (Å²) < 4.78 is -1.26. The van der Waals surface area contributed by atoms with Crippen molar-refractivity contribution in [2.75, 3.05) is 0 Å². The minimum absolute atomic E-state index is 0.162. The number of carbonyl (C=O) groups is 2. The molecule has 4 rings (SSSR count). The summed E-state index contributed by atoms with van der Waals surface area (Å²) in [5.74, 6) is 0. The Bertz CT molecular complexity index is 1160. The van der Waals surface area contributed by atoms with Crippen molar-refractivity contribution in [3.05, 3.63) is 96.6 Å². The molecule has 0 unspecified atom stereocenters. The number of hydrogen-bond acceptors (Lipinski definition) is 6. The van der Waals surface area contributed by atoms with Gasteiger partial charge in [-0.2, -0.15) is 0 Å². The second-order valence-corrected chi connectivity index (χ2v) is 15.3. The van der Waals surface area contributed by atoms with Crippen molar-refractivity contribution in [1.82, 2.24) is 19.9 Å². The Labute approximate surface area is 189 Å². The molecule has 0 saturated carbocycles. The molecule has 0 amide bonds. The van der Waals surface area contributed by atoms with Crippen LogP contribution in [0.25, 0.3) is 22.8 Å². The first-order chi connectivity index (χ1) is 15.0. The van der Waals surface area contributed by atoms with Crippen LogP contribution in [0.2, 0.25) is 0 Å². The fraction of sp³-hybridized carbons (Fsp3) is 0. The summed E-state index contributed by atoms with van der Waals surface area (Å²) in [6, 6.07) is 16.8. The Kier molecular flexibility index (Phi) is 6.28. The summed E-state index contributed by atoms with van der Waals surface area (Å²) >= 11 is -4.59. The van der Waals surface area contributed by atoms with Crippen LogP contribution >= 0.6 is 19.4 Å². The van der Waals surface area contributed by atoms with Crippen molar-refractivity contribution in [3.63, 3.8) is 0 Å². The van der Waals surface area contributed by atoms with Crippen LogP contribution in [0, 0.1) is 0 Å². The monoisotopic (exact) mass is 538 g/mol. The van der Waals surface area contributed by atoms with Crippen LogP contribution in [0.4, 0.5) is 0 Å². The topological polar surface area (TPSA) is 85.7 Å². The van der Waals surface area contributed by atoms with E-state index in [0.717, 1.165) is 0 Å². The van der Waals surface area contributed by atoms with Crippen LogP contribution in [0.1, 0.15) is 20.7 Å². The molecule has 0 spiro atoms. The number of aromatic nitrogens is 4. The third-order valence-corrected chi connectivity index (χ3v) is 10.0. The standard InChI is InChI=1S/2C11H7N2O.2ClH.Ru/c2*14-8-9-4-3-7-13-11(9)10-5-1-2-6-12-10;;;/h2*1-7H;2*1H;/q;;;;+2/p-2. The van der Waals surface area contributed by atoms with Crippen LogP contribution < -0.4 is 0 Å². The van der Waals surface area contributed by atoms with Crippen molar-refractivity contribution < 1.29 is 22.4 Å². The van der Waals surface area contributed by atoms with Gasteiger partial charge >= 0.3 is 190 Å². The molecule has 6 nitrogen and oxygen atoms in total. The van der Waals surface area contributed by atoms with Gasteiger partial charge in [-0.05, 0) is 0 Å². The van der Waals surface area contributed by atoms with E-state index in [-0.39, 0.29) is 11.1 Å². The molecule has 31 heavy (non-hydrogen) atoms. The molecule has 156 valence electrons. The predicted octanol–water partition coefficient (Wildman–Crippen LogP) is 5.04. The van der Waals surface area contributed by atoms with Crippen LogP contribution in [0.15, 0.2) is 85.5 Å². The molecule has 0 aliphatic heterocycles. The number of carbonyl (C=O) groups excluding carboxylic acids is 2. The van der Waals surface area contributed by atoms with Gasteiger partial charge in [0.2, 0.25) is 0 Å². The number of halogens is 2. The van der Waals surface area contributed by atoms with Gasteiger partial charge in [0.15, 0.2) is 0 Å². The van der Waals surface area contributed by atoms with Crippen LogP contribution in [-0.4, -0.2) is 28.7 Å². The molecule has 0 aliphatic rings. The van der Waals surface area contributed by atoms with Crippen molar-refractivity contribution >= 4 is 28.1 Å². The van der Waals surface area contributed by atoms with Gasteiger partial charge in [0.05, 0.1) is 0 Å². The van der Waals surface area contributed by atoms with E-state index in [2.05, 4.69) is 19.9 Å². The van der Waals surface area contributed by atoms with E-state index in [1.54, 1.807) is 73.1 Å². The number of nitrogens with zero attached hydrogens (tertiary/aromatic N) is 4. The first kappa shape index (κ1) is 21.4. The van der Waals surface area contributed by atoms with Crippen LogP contribution in [-0.2, 0) is 12.8 Å². The molecule has 0 atom stereocenters. The van der Waals surface area contributed by atoms with Gasteiger partial charge in [0.1, 0.15) is 0 Å². The van der Waals surface area contributed by atoms with E-state index in [1.807, 2.05) is 0 Å². The van der Waals surface area contributed by atoms with Gasteiger partial charge in [0, 0.05) is 0 Å². The first-order valence-electron chi connectivity index (χ1n) is 8.94. The summed E-state index contributed by atoms with van der Waals surface area (Å²) in [5.41, 5.74) is 1.94.